The Labute approximate surface area is 166 Å². The number of aromatic amines is 1. The zero-order chi connectivity index (χ0) is 19.8. The zero-order valence-corrected chi connectivity index (χ0v) is 15.6. The van der Waals surface area contributed by atoms with Crippen LogP contribution in [0.25, 0.3) is 22.4 Å². The van der Waals surface area contributed by atoms with Crippen molar-refractivity contribution in [3.05, 3.63) is 66.2 Å². The average molecular weight is 387 g/mol. The number of para-hydroxylation sites is 2. The van der Waals surface area contributed by atoms with Crippen LogP contribution in [0, 0.1) is 0 Å². The van der Waals surface area contributed by atoms with Crippen molar-refractivity contribution in [3.63, 3.8) is 0 Å². The quantitative estimate of drug-likeness (QED) is 0.548. The number of anilines is 1. The van der Waals surface area contributed by atoms with Crippen molar-refractivity contribution in [3.8, 4) is 28.6 Å². The van der Waals surface area contributed by atoms with Gasteiger partial charge in [-0.05, 0) is 48.5 Å². The van der Waals surface area contributed by atoms with E-state index in [1.54, 1.807) is 31.4 Å². The summed E-state index contributed by atoms with van der Waals surface area (Å²) in [5, 5.41) is 2.91. The van der Waals surface area contributed by atoms with Gasteiger partial charge in [0.05, 0.1) is 23.8 Å². The van der Waals surface area contributed by atoms with Crippen molar-refractivity contribution in [2.45, 2.75) is 0 Å². The lowest BCUT2D eigenvalue weighted by atomic mass is 10.1. The van der Waals surface area contributed by atoms with E-state index in [9.17, 15) is 4.79 Å². The van der Waals surface area contributed by atoms with Crippen molar-refractivity contribution in [1.29, 1.82) is 0 Å². The Hall–Kier alpha value is -4.00. The van der Waals surface area contributed by atoms with Crippen LogP contribution < -0.4 is 19.5 Å². The number of aromatic nitrogens is 2. The first-order chi connectivity index (χ1) is 14.2. The van der Waals surface area contributed by atoms with Gasteiger partial charge < -0.3 is 24.5 Å². The van der Waals surface area contributed by atoms with E-state index in [-0.39, 0.29) is 12.7 Å². The van der Waals surface area contributed by atoms with Crippen LogP contribution in [-0.4, -0.2) is 29.8 Å². The summed E-state index contributed by atoms with van der Waals surface area (Å²) in [5.41, 5.74) is 3.68. The summed E-state index contributed by atoms with van der Waals surface area (Å²) >= 11 is 0. The molecule has 1 aliphatic heterocycles. The normalized spacial score (nSPS) is 12.2. The van der Waals surface area contributed by atoms with Crippen molar-refractivity contribution < 1.29 is 19.0 Å². The Morgan fingerprint density at radius 3 is 2.79 bits per heavy atom. The molecule has 1 aromatic heterocycles. The van der Waals surface area contributed by atoms with Gasteiger partial charge in [-0.15, -0.1) is 0 Å². The molecule has 0 aliphatic carbocycles. The van der Waals surface area contributed by atoms with E-state index in [0.29, 0.717) is 34.3 Å². The minimum Gasteiger partial charge on any atom is -0.495 e. The first-order valence-corrected chi connectivity index (χ1v) is 9.05. The number of benzene rings is 3. The van der Waals surface area contributed by atoms with Gasteiger partial charge in [-0.3, -0.25) is 4.79 Å². The second-order valence-corrected chi connectivity index (χ2v) is 6.54. The molecular formula is C22H17N3O4. The minimum atomic E-state index is -0.275. The summed E-state index contributed by atoms with van der Waals surface area (Å²) < 4.78 is 16.1. The molecule has 3 aromatic carbocycles. The molecule has 0 bridgehead atoms. The lowest BCUT2D eigenvalue weighted by Crippen LogP contribution is -2.12. The smallest absolute Gasteiger partial charge is 0.255 e. The standard InChI is InChI=1S/C22H17N3O4/c1-27-18-8-6-13(21-23-15-4-2-3-5-16(15)24-21)10-17(18)25-22(26)14-7-9-19-20(11-14)29-12-28-19/h2-11H,12H2,1H3,(H,23,24)(H,25,26). The van der Waals surface area contributed by atoms with E-state index in [4.69, 9.17) is 14.2 Å². The summed E-state index contributed by atoms with van der Waals surface area (Å²) in [6.45, 7) is 0.160. The van der Waals surface area contributed by atoms with Crippen LogP contribution in [0.15, 0.2) is 60.7 Å². The minimum absolute atomic E-state index is 0.160. The topological polar surface area (TPSA) is 85.5 Å². The Bertz CT molecular complexity index is 1200. The van der Waals surface area contributed by atoms with Crippen molar-refractivity contribution in [2.24, 2.45) is 0 Å². The van der Waals surface area contributed by atoms with E-state index in [0.717, 1.165) is 16.6 Å². The van der Waals surface area contributed by atoms with Gasteiger partial charge in [-0.1, -0.05) is 12.1 Å². The summed E-state index contributed by atoms with van der Waals surface area (Å²) in [5.74, 6) is 2.18. The highest BCUT2D eigenvalue weighted by molar-refractivity contribution is 6.05. The number of rotatable bonds is 4. The number of carbonyl (C=O) groups is 1. The first-order valence-electron chi connectivity index (χ1n) is 9.05. The molecule has 1 aliphatic rings. The number of hydrogen-bond donors (Lipinski definition) is 2. The van der Waals surface area contributed by atoms with Gasteiger partial charge in [0.1, 0.15) is 11.6 Å². The number of nitrogens with one attached hydrogen (secondary N) is 2. The van der Waals surface area contributed by atoms with Crippen LogP contribution in [0.4, 0.5) is 5.69 Å². The van der Waals surface area contributed by atoms with Gasteiger partial charge in [0.2, 0.25) is 6.79 Å². The van der Waals surface area contributed by atoms with Gasteiger partial charge in [-0.25, -0.2) is 4.98 Å². The SMILES string of the molecule is COc1ccc(-c2nc3ccccc3[nH]2)cc1NC(=O)c1ccc2c(c1)OCO2. The molecule has 0 spiro atoms. The fourth-order valence-corrected chi connectivity index (χ4v) is 3.27. The van der Waals surface area contributed by atoms with Crippen molar-refractivity contribution in [1.82, 2.24) is 9.97 Å². The Balaban J connectivity index is 1.47. The first kappa shape index (κ1) is 17.1. The number of nitrogens with zero attached hydrogens (tertiary/aromatic N) is 1. The Morgan fingerprint density at radius 2 is 1.93 bits per heavy atom. The highest BCUT2D eigenvalue weighted by atomic mass is 16.7. The molecular weight excluding hydrogens is 370 g/mol. The van der Waals surface area contributed by atoms with Crippen LogP contribution >= 0.6 is 0 Å². The number of carbonyl (C=O) groups excluding carboxylic acids is 1. The lowest BCUT2D eigenvalue weighted by molar-refractivity contribution is 0.102. The maximum absolute atomic E-state index is 12.8. The number of H-pyrrole nitrogens is 1. The number of ether oxygens (including phenoxy) is 3. The third-order valence-electron chi connectivity index (χ3n) is 4.75. The third kappa shape index (κ3) is 3.12. The van der Waals surface area contributed by atoms with Gasteiger partial charge >= 0.3 is 0 Å². The maximum atomic E-state index is 12.8. The zero-order valence-electron chi connectivity index (χ0n) is 15.6. The van der Waals surface area contributed by atoms with Crippen LogP contribution in [-0.2, 0) is 0 Å². The van der Waals surface area contributed by atoms with Crippen molar-refractivity contribution in [2.75, 3.05) is 19.2 Å². The molecule has 7 heteroatoms. The molecule has 1 amide bonds. The summed E-state index contributed by atoms with van der Waals surface area (Å²) in [7, 11) is 1.56. The van der Waals surface area contributed by atoms with E-state index < -0.39 is 0 Å². The average Bonchev–Trinajstić information content (AvgIpc) is 3.39. The summed E-state index contributed by atoms with van der Waals surface area (Å²) in [6, 6.07) is 18.4. The predicted octanol–water partition coefficient (Wildman–Crippen LogP) is 4.22. The van der Waals surface area contributed by atoms with Gasteiger partial charge in [-0.2, -0.15) is 0 Å². The molecule has 0 fully saturated rings. The molecule has 0 saturated carbocycles. The molecule has 2 N–H and O–H groups in total. The molecule has 2 heterocycles. The van der Waals surface area contributed by atoms with E-state index in [2.05, 4.69) is 15.3 Å². The lowest BCUT2D eigenvalue weighted by Gasteiger charge is -2.12. The number of imidazole rings is 1. The monoisotopic (exact) mass is 387 g/mol. The number of methoxy groups -OCH3 is 1. The molecule has 29 heavy (non-hydrogen) atoms. The number of amides is 1. The fraction of sp³-hybridized carbons (Fsp3) is 0.0909. The number of fused-ring (bicyclic) bond motifs is 2. The molecule has 0 unspecified atom stereocenters. The summed E-state index contributed by atoms with van der Waals surface area (Å²) in [4.78, 5) is 20.7. The van der Waals surface area contributed by atoms with Crippen LogP contribution in [0.1, 0.15) is 10.4 Å². The van der Waals surface area contributed by atoms with Gasteiger partial charge in [0.15, 0.2) is 11.5 Å². The Morgan fingerprint density at radius 1 is 1.07 bits per heavy atom. The molecule has 4 aromatic rings. The van der Waals surface area contributed by atoms with E-state index in [1.165, 1.54) is 0 Å². The number of hydrogen-bond acceptors (Lipinski definition) is 5. The molecule has 0 radical (unpaired) electrons. The van der Waals surface area contributed by atoms with Gasteiger partial charge in [0.25, 0.3) is 5.91 Å². The van der Waals surface area contributed by atoms with E-state index >= 15 is 0 Å². The van der Waals surface area contributed by atoms with Crippen molar-refractivity contribution >= 4 is 22.6 Å². The van der Waals surface area contributed by atoms with Crippen LogP contribution in [0.3, 0.4) is 0 Å². The third-order valence-corrected chi connectivity index (χ3v) is 4.75. The van der Waals surface area contributed by atoms with Crippen LogP contribution in [0.2, 0.25) is 0 Å². The molecule has 0 saturated heterocycles. The summed E-state index contributed by atoms with van der Waals surface area (Å²) in [6.07, 6.45) is 0. The van der Waals surface area contributed by atoms with E-state index in [1.807, 2.05) is 36.4 Å². The second-order valence-electron chi connectivity index (χ2n) is 6.54. The molecule has 7 nitrogen and oxygen atoms in total. The fourth-order valence-electron chi connectivity index (χ4n) is 3.27. The highest BCUT2D eigenvalue weighted by Crippen LogP contribution is 2.34. The van der Waals surface area contributed by atoms with Crippen LogP contribution in [0.5, 0.6) is 17.2 Å². The highest BCUT2D eigenvalue weighted by Gasteiger charge is 2.18. The Kier molecular flexibility index (Phi) is 4.05. The second kappa shape index (κ2) is 6.87. The predicted molar refractivity (Wildman–Crippen MR) is 109 cm³/mol. The molecule has 0 atom stereocenters. The maximum Gasteiger partial charge on any atom is 0.255 e. The van der Waals surface area contributed by atoms with Gasteiger partial charge in [0, 0.05) is 11.1 Å². The largest absolute Gasteiger partial charge is 0.495 e. The molecule has 5 rings (SSSR count). The molecule has 144 valence electrons.